The molecule has 2 amide bonds. The van der Waals surface area contributed by atoms with Gasteiger partial charge in [0.2, 0.25) is 21.8 Å². The van der Waals surface area contributed by atoms with E-state index in [1.54, 1.807) is 49.4 Å². The number of amides is 2. The van der Waals surface area contributed by atoms with Gasteiger partial charge in [-0.3, -0.25) is 13.9 Å². The normalized spacial score (nSPS) is 13.0. The standard InChI is InChI=1S/C25H33Cl2N3O5S/c1-6-17(3)28-25(32)18(4)29(15-19-8-9-20(26)14-23(19)27)24(31)16-30(36(5,33)34)21-10-12-22(13-11-21)35-7-2/h8-14,17-18H,6-7,15-16H2,1-5H3,(H,28,32). The largest absolute Gasteiger partial charge is 0.494 e. The molecule has 2 rings (SSSR count). The predicted octanol–water partition coefficient (Wildman–Crippen LogP) is 4.49. The van der Waals surface area contributed by atoms with Gasteiger partial charge in [0, 0.05) is 22.6 Å². The number of ether oxygens (including phenoxy) is 1. The fraction of sp³-hybridized carbons (Fsp3) is 0.440. The molecule has 8 nitrogen and oxygen atoms in total. The Balaban J connectivity index is 2.40. The highest BCUT2D eigenvalue weighted by Crippen LogP contribution is 2.25. The van der Waals surface area contributed by atoms with Crippen LogP contribution in [-0.2, 0) is 26.2 Å². The van der Waals surface area contributed by atoms with Crippen LogP contribution >= 0.6 is 23.2 Å². The second kappa shape index (κ2) is 13.2. The first-order valence-electron chi connectivity index (χ1n) is 11.6. The van der Waals surface area contributed by atoms with E-state index < -0.39 is 28.5 Å². The van der Waals surface area contributed by atoms with Crippen LogP contribution in [0.4, 0.5) is 5.69 Å². The van der Waals surface area contributed by atoms with Crippen LogP contribution in [0.25, 0.3) is 0 Å². The van der Waals surface area contributed by atoms with Gasteiger partial charge in [-0.1, -0.05) is 36.2 Å². The average Bonchev–Trinajstić information content (AvgIpc) is 2.81. The summed E-state index contributed by atoms with van der Waals surface area (Å²) in [5.74, 6) is -0.336. The van der Waals surface area contributed by atoms with E-state index in [0.717, 1.165) is 17.0 Å². The number of carbonyl (C=O) groups excluding carboxylic acids is 2. The summed E-state index contributed by atoms with van der Waals surface area (Å²) in [5.41, 5.74) is 0.875. The van der Waals surface area contributed by atoms with Crippen molar-refractivity contribution in [1.82, 2.24) is 10.2 Å². The van der Waals surface area contributed by atoms with Crippen LogP contribution in [0, 0.1) is 0 Å². The molecule has 11 heteroatoms. The lowest BCUT2D eigenvalue weighted by Gasteiger charge is -2.32. The first-order valence-corrected chi connectivity index (χ1v) is 14.2. The van der Waals surface area contributed by atoms with Crippen molar-refractivity contribution in [3.8, 4) is 5.75 Å². The molecule has 0 aliphatic heterocycles. The maximum absolute atomic E-state index is 13.6. The SMILES string of the molecule is CCOc1ccc(N(CC(=O)N(Cc2ccc(Cl)cc2Cl)C(C)C(=O)NC(C)CC)S(C)(=O)=O)cc1. The third-order valence-electron chi connectivity index (χ3n) is 5.64. The lowest BCUT2D eigenvalue weighted by atomic mass is 10.1. The molecule has 0 aromatic heterocycles. The van der Waals surface area contributed by atoms with E-state index in [1.807, 2.05) is 20.8 Å². The minimum absolute atomic E-state index is 0.00912. The molecule has 198 valence electrons. The minimum Gasteiger partial charge on any atom is -0.494 e. The van der Waals surface area contributed by atoms with Crippen molar-refractivity contribution in [2.45, 2.75) is 52.7 Å². The first kappa shape index (κ1) is 29.7. The number of anilines is 1. The maximum atomic E-state index is 13.6. The summed E-state index contributed by atoms with van der Waals surface area (Å²) in [4.78, 5) is 27.8. The topological polar surface area (TPSA) is 96.0 Å². The molecule has 0 radical (unpaired) electrons. The first-order chi connectivity index (χ1) is 16.9. The molecule has 36 heavy (non-hydrogen) atoms. The molecular weight excluding hydrogens is 525 g/mol. The molecule has 0 fully saturated rings. The lowest BCUT2D eigenvalue weighted by molar-refractivity contribution is -0.139. The Labute approximate surface area is 223 Å². The quantitative estimate of drug-likeness (QED) is 0.414. The van der Waals surface area contributed by atoms with Gasteiger partial charge in [0.05, 0.1) is 18.6 Å². The van der Waals surface area contributed by atoms with Gasteiger partial charge < -0.3 is 15.0 Å². The predicted molar refractivity (Wildman–Crippen MR) is 144 cm³/mol. The van der Waals surface area contributed by atoms with E-state index in [1.165, 1.54) is 4.90 Å². The highest BCUT2D eigenvalue weighted by Gasteiger charge is 2.30. The molecule has 0 saturated heterocycles. The number of carbonyl (C=O) groups is 2. The smallest absolute Gasteiger partial charge is 0.244 e. The van der Waals surface area contributed by atoms with Crippen LogP contribution in [0.15, 0.2) is 42.5 Å². The monoisotopic (exact) mass is 557 g/mol. The van der Waals surface area contributed by atoms with E-state index >= 15 is 0 Å². The van der Waals surface area contributed by atoms with Gasteiger partial charge in [-0.2, -0.15) is 0 Å². The zero-order chi connectivity index (χ0) is 27.0. The second-order valence-corrected chi connectivity index (χ2v) is 11.2. The Kier molecular flexibility index (Phi) is 10.9. The zero-order valence-electron chi connectivity index (χ0n) is 21.1. The van der Waals surface area contributed by atoms with Gasteiger partial charge in [0.1, 0.15) is 18.3 Å². The van der Waals surface area contributed by atoms with E-state index in [9.17, 15) is 18.0 Å². The summed E-state index contributed by atoms with van der Waals surface area (Å²) in [6.45, 7) is 7.20. The second-order valence-electron chi connectivity index (χ2n) is 8.45. The van der Waals surface area contributed by atoms with Crippen LogP contribution < -0.4 is 14.4 Å². The molecule has 0 aliphatic carbocycles. The van der Waals surface area contributed by atoms with Crippen molar-refractivity contribution < 1.29 is 22.7 Å². The highest BCUT2D eigenvalue weighted by molar-refractivity contribution is 7.92. The van der Waals surface area contributed by atoms with Gasteiger partial charge in [0.25, 0.3) is 0 Å². The molecule has 0 spiro atoms. The highest BCUT2D eigenvalue weighted by atomic mass is 35.5. The Morgan fingerprint density at radius 1 is 1.06 bits per heavy atom. The molecule has 0 bridgehead atoms. The fourth-order valence-corrected chi connectivity index (χ4v) is 4.69. The third kappa shape index (κ3) is 8.28. The van der Waals surface area contributed by atoms with Gasteiger partial charge in [-0.25, -0.2) is 8.42 Å². The molecule has 2 aromatic rings. The lowest BCUT2D eigenvalue weighted by Crippen LogP contribution is -2.52. The van der Waals surface area contributed by atoms with Crippen molar-refractivity contribution in [1.29, 1.82) is 0 Å². The van der Waals surface area contributed by atoms with E-state index in [2.05, 4.69) is 5.32 Å². The molecule has 2 aromatic carbocycles. The van der Waals surface area contributed by atoms with Crippen molar-refractivity contribution in [3.05, 3.63) is 58.1 Å². The van der Waals surface area contributed by atoms with E-state index in [0.29, 0.717) is 33.7 Å². The Bertz CT molecular complexity index is 1160. The van der Waals surface area contributed by atoms with Gasteiger partial charge in [0.15, 0.2) is 0 Å². The van der Waals surface area contributed by atoms with Crippen LogP contribution in [0.5, 0.6) is 5.75 Å². The number of nitrogens with zero attached hydrogens (tertiary/aromatic N) is 2. The van der Waals surface area contributed by atoms with Gasteiger partial charge in [-0.05, 0) is 69.2 Å². The van der Waals surface area contributed by atoms with Crippen LogP contribution in [-0.4, -0.2) is 56.6 Å². The fourth-order valence-electron chi connectivity index (χ4n) is 3.37. The molecule has 1 N–H and O–H groups in total. The van der Waals surface area contributed by atoms with Crippen molar-refractivity contribution in [2.24, 2.45) is 0 Å². The van der Waals surface area contributed by atoms with Crippen molar-refractivity contribution in [3.63, 3.8) is 0 Å². The minimum atomic E-state index is -3.83. The van der Waals surface area contributed by atoms with Crippen LogP contribution in [0.3, 0.4) is 0 Å². The van der Waals surface area contributed by atoms with E-state index in [4.69, 9.17) is 27.9 Å². The zero-order valence-corrected chi connectivity index (χ0v) is 23.5. The number of benzene rings is 2. The average molecular weight is 559 g/mol. The summed E-state index contributed by atoms with van der Waals surface area (Å²) in [6.07, 6.45) is 1.74. The molecule has 0 aliphatic rings. The summed E-state index contributed by atoms with van der Waals surface area (Å²) < 4.78 is 31.7. The Hall–Kier alpha value is -2.49. The summed E-state index contributed by atoms with van der Waals surface area (Å²) >= 11 is 12.4. The molecule has 0 saturated carbocycles. The number of rotatable bonds is 12. The maximum Gasteiger partial charge on any atom is 0.244 e. The number of nitrogens with one attached hydrogen (secondary N) is 1. The Morgan fingerprint density at radius 2 is 1.69 bits per heavy atom. The summed E-state index contributed by atoms with van der Waals surface area (Å²) in [7, 11) is -3.83. The van der Waals surface area contributed by atoms with Crippen molar-refractivity contribution >= 4 is 50.7 Å². The van der Waals surface area contributed by atoms with Crippen molar-refractivity contribution in [2.75, 3.05) is 23.7 Å². The number of sulfonamides is 1. The van der Waals surface area contributed by atoms with Gasteiger partial charge >= 0.3 is 0 Å². The molecule has 0 heterocycles. The number of hydrogen-bond donors (Lipinski definition) is 1. The number of halogens is 2. The van der Waals surface area contributed by atoms with Gasteiger partial charge in [-0.15, -0.1) is 0 Å². The molecule has 2 unspecified atom stereocenters. The van der Waals surface area contributed by atoms with Crippen LogP contribution in [0.2, 0.25) is 10.0 Å². The number of hydrogen-bond acceptors (Lipinski definition) is 5. The molecule has 2 atom stereocenters. The summed E-state index contributed by atoms with van der Waals surface area (Å²) in [5, 5.41) is 3.64. The Morgan fingerprint density at radius 3 is 2.22 bits per heavy atom. The summed E-state index contributed by atoms with van der Waals surface area (Å²) in [6, 6.07) is 10.3. The molecular formula is C25H33Cl2N3O5S. The van der Waals surface area contributed by atoms with E-state index in [-0.39, 0.29) is 18.5 Å². The third-order valence-corrected chi connectivity index (χ3v) is 7.37. The van der Waals surface area contributed by atoms with Crippen LogP contribution in [0.1, 0.15) is 39.7 Å².